The Morgan fingerprint density at radius 2 is 1.90 bits per heavy atom. The third-order valence-corrected chi connectivity index (χ3v) is 13.9. The molecule has 12 nitrogen and oxygen atoms in total. The fourth-order valence-corrected chi connectivity index (χ4v) is 11.4. The normalized spacial score (nSPS) is 27.3. The summed E-state index contributed by atoms with van der Waals surface area (Å²) in [5.41, 5.74) is 1.96. The molecule has 6 rings (SSSR count). The molecule has 276 valence electrons. The number of anilines is 2. The largest absolute Gasteiger partial charge is 0.469 e. The number of carbonyl (C=O) groups excluding carboxylic acids is 4. The predicted molar refractivity (Wildman–Crippen MR) is 194 cm³/mol. The minimum Gasteiger partial charge on any atom is -0.469 e. The van der Waals surface area contributed by atoms with Crippen molar-refractivity contribution in [2.75, 3.05) is 43.6 Å². The molecule has 1 unspecified atom stereocenters. The van der Waals surface area contributed by atoms with Crippen LogP contribution in [0.2, 0.25) is 18.6 Å². The monoisotopic (exact) mass is 720 g/mol. The van der Waals surface area contributed by atoms with Gasteiger partial charge in [-0.25, -0.2) is 0 Å². The predicted octanol–water partition coefficient (Wildman–Crippen LogP) is 3.45. The van der Waals surface area contributed by atoms with E-state index in [1.807, 2.05) is 56.4 Å². The SMILES string of the molecule is COC(=O)CCCCN1C(=O)[C@]2(O[C@H](CC(=O)N3Cc4ccccc4C[C@H]3CO)[C@@H]([Si](C)(C)O)[C@@H]2C)c2cc(NC(=O)C3CCCNC3)ccc21. The molecule has 0 aliphatic carbocycles. The average molecular weight is 721 g/mol. The number of nitrogens with zero attached hydrogens (tertiary/aromatic N) is 2. The van der Waals surface area contributed by atoms with Crippen LogP contribution in [-0.4, -0.2) is 92.3 Å². The summed E-state index contributed by atoms with van der Waals surface area (Å²) in [6, 6.07) is 13.0. The van der Waals surface area contributed by atoms with Gasteiger partial charge >= 0.3 is 5.97 Å². The van der Waals surface area contributed by atoms with Crippen LogP contribution in [0.5, 0.6) is 0 Å². The van der Waals surface area contributed by atoms with Crippen LogP contribution >= 0.6 is 0 Å². The van der Waals surface area contributed by atoms with Crippen molar-refractivity contribution in [1.29, 1.82) is 0 Å². The quantitative estimate of drug-likeness (QED) is 0.155. The molecule has 6 atom stereocenters. The van der Waals surface area contributed by atoms with E-state index in [0.717, 1.165) is 30.5 Å². The van der Waals surface area contributed by atoms with Gasteiger partial charge in [0.25, 0.3) is 5.91 Å². The molecule has 1 spiro atoms. The van der Waals surface area contributed by atoms with Crippen molar-refractivity contribution in [1.82, 2.24) is 10.2 Å². The van der Waals surface area contributed by atoms with Crippen molar-refractivity contribution in [3.63, 3.8) is 0 Å². The lowest BCUT2D eigenvalue weighted by Crippen LogP contribution is -2.48. The second-order valence-electron chi connectivity index (χ2n) is 15.1. The van der Waals surface area contributed by atoms with Crippen molar-refractivity contribution in [3.05, 3.63) is 59.2 Å². The lowest BCUT2D eigenvalue weighted by atomic mass is 9.82. The highest BCUT2D eigenvalue weighted by atomic mass is 28.4. The van der Waals surface area contributed by atoms with E-state index in [0.29, 0.717) is 55.8 Å². The van der Waals surface area contributed by atoms with Gasteiger partial charge in [-0.2, -0.15) is 0 Å². The number of rotatable bonds is 11. The number of fused-ring (bicyclic) bond motifs is 3. The second-order valence-corrected chi connectivity index (χ2v) is 19.1. The smallest absolute Gasteiger partial charge is 0.305 e. The minimum absolute atomic E-state index is 0.0563. The number of unbranched alkanes of at least 4 members (excludes halogenated alkanes) is 1. The number of aliphatic hydroxyl groups excluding tert-OH is 1. The molecule has 4 aliphatic heterocycles. The molecule has 4 N–H and O–H groups in total. The standard InChI is InChI=1S/C38H52N4O8Si/c1-24-35(51(3,4)48)32(20-33(44)42-22-27-11-6-5-10-25(27)18-29(42)23-43)50-38(24)30-19-28(40-36(46)26-12-9-16-39-21-26)14-15-31(30)41(37(38)47)17-8-7-13-34(45)49-2/h5-6,10-11,14-15,19,24,26,29,32,35,39,43,48H,7-9,12-13,16-18,20-23H2,1-4H3,(H,40,46)/t24-,26?,29-,32+,35-,38+/m0/s1. The molecule has 4 aliphatic rings. The van der Waals surface area contributed by atoms with E-state index in [2.05, 4.69) is 10.6 Å². The molecule has 0 aromatic heterocycles. The number of methoxy groups -OCH3 is 1. The van der Waals surface area contributed by atoms with Gasteiger partial charge in [-0.3, -0.25) is 19.2 Å². The van der Waals surface area contributed by atoms with Crippen LogP contribution in [0.1, 0.15) is 62.1 Å². The molecule has 2 saturated heterocycles. The zero-order valence-electron chi connectivity index (χ0n) is 30.2. The molecule has 2 aromatic rings. The third-order valence-electron chi connectivity index (χ3n) is 11.4. The molecule has 0 radical (unpaired) electrons. The molecule has 51 heavy (non-hydrogen) atoms. The highest BCUT2D eigenvalue weighted by Gasteiger charge is 2.66. The maximum absolute atomic E-state index is 14.8. The molecule has 2 fully saturated rings. The Hall–Kier alpha value is -3.62. The van der Waals surface area contributed by atoms with Crippen LogP contribution < -0.4 is 15.5 Å². The summed E-state index contributed by atoms with van der Waals surface area (Å²) in [5.74, 6) is -1.55. The van der Waals surface area contributed by atoms with Gasteiger partial charge in [0.2, 0.25) is 11.8 Å². The van der Waals surface area contributed by atoms with Gasteiger partial charge in [0.1, 0.15) is 0 Å². The fourth-order valence-electron chi connectivity index (χ4n) is 8.87. The van der Waals surface area contributed by atoms with E-state index < -0.39 is 37.5 Å². The third kappa shape index (κ3) is 7.23. The number of aliphatic hydroxyl groups is 1. The molecule has 0 bridgehead atoms. The Bertz CT molecular complexity index is 1640. The summed E-state index contributed by atoms with van der Waals surface area (Å²) in [6.45, 7) is 7.57. The van der Waals surface area contributed by atoms with Gasteiger partial charge in [-0.1, -0.05) is 31.2 Å². The van der Waals surface area contributed by atoms with Crippen molar-refractivity contribution < 1.29 is 38.6 Å². The fraction of sp³-hybridized carbons (Fsp3) is 0.579. The molecule has 13 heteroatoms. The minimum atomic E-state index is -3.07. The van der Waals surface area contributed by atoms with Crippen molar-refractivity contribution in [3.8, 4) is 0 Å². The van der Waals surface area contributed by atoms with E-state index in [9.17, 15) is 29.1 Å². The van der Waals surface area contributed by atoms with Crippen LogP contribution in [0.25, 0.3) is 0 Å². The first-order valence-corrected chi connectivity index (χ1v) is 21.3. The number of piperidine rings is 1. The van der Waals surface area contributed by atoms with E-state index in [1.165, 1.54) is 7.11 Å². The number of nitrogens with one attached hydrogen (secondary N) is 2. The van der Waals surface area contributed by atoms with Crippen LogP contribution in [0, 0.1) is 11.8 Å². The number of carbonyl (C=O) groups is 4. The van der Waals surface area contributed by atoms with Gasteiger partial charge in [0.15, 0.2) is 13.9 Å². The van der Waals surface area contributed by atoms with Gasteiger partial charge < -0.3 is 39.8 Å². The maximum Gasteiger partial charge on any atom is 0.305 e. The summed E-state index contributed by atoms with van der Waals surface area (Å²) in [4.78, 5) is 69.2. The Morgan fingerprint density at radius 1 is 1.14 bits per heavy atom. The summed E-state index contributed by atoms with van der Waals surface area (Å²) in [7, 11) is -1.72. The van der Waals surface area contributed by atoms with Crippen molar-refractivity contribution in [2.45, 2.75) is 94.8 Å². The van der Waals surface area contributed by atoms with E-state index in [4.69, 9.17) is 9.47 Å². The number of hydrogen-bond acceptors (Lipinski definition) is 9. The highest BCUT2D eigenvalue weighted by molar-refractivity contribution is 6.71. The second kappa shape index (κ2) is 15.2. The number of amides is 3. The zero-order chi connectivity index (χ0) is 36.5. The van der Waals surface area contributed by atoms with Gasteiger partial charge in [0.05, 0.1) is 43.9 Å². The number of ether oxygens (including phenoxy) is 2. The lowest BCUT2D eigenvalue weighted by molar-refractivity contribution is -0.151. The van der Waals surface area contributed by atoms with Crippen molar-refractivity contribution in [2.24, 2.45) is 11.8 Å². The first-order chi connectivity index (χ1) is 24.4. The number of benzene rings is 2. The van der Waals surface area contributed by atoms with Gasteiger partial charge in [0, 0.05) is 48.8 Å². The molecular weight excluding hydrogens is 669 g/mol. The number of esters is 1. The Kier molecular flexibility index (Phi) is 11.0. The topological polar surface area (TPSA) is 158 Å². The molecular formula is C38H52N4O8Si. The zero-order valence-corrected chi connectivity index (χ0v) is 31.2. The first-order valence-electron chi connectivity index (χ1n) is 18.3. The molecule has 4 heterocycles. The van der Waals surface area contributed by atoms with Gasteiger partial charge in [-0.05, 0) is 81.1 Å². The summed E-state index contributed by atoms with van der Waals surface area (Å²) < 4.78 is 11.7. The molecule has 2 aromatic carbocycles. The van der Waals surface area contributed by atoms with Gasteiger partial charge in [-0.15, -0.1) is 0 Å². The Morgan fingerprint density at radius 3 is 2.59 bits per heavy atom. The van der Waals surface area contributed by atoms with E-state index in [1.54, 1.807) is 15.9 Å². The summed E-state index contributed by atoms with van der Waals surface area (Å²) in [6.07, 6.45) is 2.73. The molecule has 0 saturated carbocycles. The van der Waals surface area contributed by atoms with Crippen LogP contribution in [0.3, 0.4) is 0 Å². The first kappa shape index (κ1) is 37.1. The van der Waals surface area contributed by atoms with E-state index >= 15 is 0 Å². The van der Waals surface area contributed by atoms with Crippen molar-refractivity contribution >= 4 is 43.4 Å². The Balaban J connectivity index is 1.32. The summed E-state index contributed by atoms with van der Waals surface area (Å²) in [5, 5.41) is 16.7. The lowest BCUT2D eigenvalue weighted by Gasteiger charge is -2.37. The number of hydrogen-bond donors (Lipinski definition) is 4. The highest BCUT2D eigenvalue weighted by Crippen LogP contribution is 2.60. The van der Waals surface area contributed by atoms with E-state index in [-0.39, 0.29) is 49.1 Å². The average Bonchev–Trinajstić information content (AvgIpc) is 3.55. The maximum atomic E-state index is 14.8. The molecule has 3 amide bonds. The van der Waals surface area contributed by atoms with Crippen LogP contribution in [0.15, 0.2) is 42.5 Å². The summed E-state index contributed by atoms with van der Waals surface area (Å²) >= 11 is 0. The Labute approximate surface area is 301 Å². The van der Waals surface area contributed by atoms with Crippen LogP contribution in [0.4, 0.5) is 11.4 Å². The van der Waals surface area contributed by atoms with Crippen LogP contribution in [-0.2, 0) is 47.2 Å².